The molecule has 206 valence electrons. The second kappa shape index (κ2) is 15.1. The summed E-state index contributed by atoms with van der Waals surface area (Å²) in [6.07, 6.45) is -5.97. The Labute approximate surface area is 226 Å². The summed E-state index contributed by atoms with van der Waals surface area (Å²) in [7, 11) is 0. The quantitative estimate of drug-likeness (QED) is 0.193. The summed E-state index contributed by atoms with van der Waals surface area (Å²) in [6.45, 7) is 1.30. The molecule has 3 N–H and O–H groups in total. The molecule has 2 amide bonds. The molecule has 0 aliphatic rings. The molecule has 0 saturated carbocycles. The van der Waals surface area contributed by atoms with Gasteiger partial charge in [-0.15, -0.1) is 0 Å². The van der Waals surface area contributed by atoms with E-state index in [4.69, 9.17) is 14.2 Å². The molecule has 0 spiro atoms. The lowest BCUT2D eigenvalue weighted by atomic mass is 9.97. The van der Waals surface area contributed by atoms with Crippen molar-refractivity contribution in [3.05, 3.63) is 108 Å². The number of nitrogens with one attached hydrogen (secondary N) is 1. The second-order valence-corrected chi connectivity index (χ2v) is 8.53. The fourth-order valence-corrected chi connectivity index (χ4v) is 3.70. The summed E-state index contributed by atoms with van der Waals surface area (Å²) in [5.41, 5.74) is 4.37. The summed E-state index contributed by atoms with van der Waals surface area (Å²) >= 11 is 0. The van der Waals surface area contributed by atoms with Crippen molar-refractivity contribution in [3.63, 3.8) is 0 Å². The van der Waals surface area contributed by atoms with Crippen LogP contribution < -0.4 is 5.43 Å². The number of hydrogen-bond donors (Lipinski definition) is 3. The summed E-state index contributed by atoms with van der Waals surface area (Å²) < 4.78 is 15.5. The van der Waals surface area contributed by atoms with Crippen LogP contribution in [0.25, 0.3) is 0 Å². The predicted octanol–water partition coefficient (Wildman–Crippen LogP) is 3.36. The summed E-state index contributed by atoms with van der Waals surface area (Å²) in [4.78, 5) is 38.3. The molecule has 10 nitrogen and oxygen atoms in total. The predicted molar refractivity (Wildman–Crippen MR) is 141 cm³/mol. The summed E-state index contributed by atoms with van der Waals surface area (Å²) in [6, 6.07) is 25.2. The van der Waals surface area contributed by atoms with Crippen LogP contribution in [-0.4, -0.2) is 58.2 Å². The number of rotatable bonds is 11. The zero-order chi connectivity index (χ0) is 28.0. The van der Waals surface area contributed by atoms with Gasteiger partial charge in [0.25, 0.3) is 0 Å². The average molecular weight is 537 g/mol. The van der Waals surface area contributed by atoms with Crippen LogP contribution in [0.4, 0.5) is 9.59 Å². The molecule has 39 heavy (non-hydrogen) atoms. The van der Waals surface area contributed by atoms with Crippen molar-refractivity contribution in [1.29, 1.82) is 0 Å². The molecule has 0 aliphatic heterocycles. The molecule has 3 atom stereocenters. The topological polar surface area (TPSA) is 135 Å². The van der Waals surface area contributed by atoms with Crippen molar-refractivity contribution in [2.24, 2.45) is 0 Å². The number of carbonyl (C=O) groups excluding carboxylic acids is 3. The number of carbonyl (C=O) groups is 3. The third-order valence-corrected chi connectivity index (χ3v) is 5.69. The van der Waals surface area contributed by atoms with E-state index in [9.17, 15) is 24.6 Å². The van der Waals surface area contributed by atoms with Gasteiger partial charge >= 0.3 is 18.2 Å². The normalized spacial score (nSPS) is 12.9. The van der Waals surface area contributed by atoms with E-state index in [1.54, 1.807) is 85.8 Å². The molecule has 0 unspecified atom stereocenters. The van der Waals surface area contributed by atoms with Gasteiger partial charge in [-0.2, -0.15) is 0 Å². The largest absolute Gasteiger partial charge is 0.464 e. The van der Waals surface area contributed by atoms with Crippen molar-refractivity contribution in [3.8, 4) is 0 Å². The van der Waals surface area contributed by atoms with Gasteiger partial charge in [-0.1, -0.05) is 91.0 Å². The number of nitrogens with zero attached hydrogens (tertiary/aromatic N) is 1. The van der Waals surface area contributed by atoms with Crippen LogP contribution in [-0.2, 0) is 38.6 Å². The minimum Gasteiger partial charge on any atom is -0.464 e. The fraction of sp³-hybridized carbons (Fsp3) is 0.276. The zero-order valence-electron chi connectivity index (χ0n) is 21.5. The minimum absolute atomic E-state index is 0.0289. The van der Waals surface area contributed by atoms with E-state index in [1.165, 1.54) is 0 Å². The highest BCUT2D eigenvalue weighted by Crippen LogP contribution is 2.17. The molecule has 10 heteroatoms. The van der Waals surface area contributed by atoms with Crippen LogP contribution in [0.5, 0.6) is 0 Å². The Morgan fingerprint density at radius 3 is 1.74 bits per heavy atom. The van der Waals surface area contributed by atoms with Crippen molar-refractivity contribution in [1.82, 2.24) is 10.4 Å². The van der Waals surface area contributed by atoms with Gasteiger partial charge in [0.2, 0.25) is 0 Å². The van der Waals surface area contributed by atoms with E-state index in [0.29, 0.717) is 16.7 Å². The van der Waals surface area contributed by atoms with Crippen molar-refractivity contribution in [2.45, 2.75) is 44.8 Å². The van der Waals surface area contributed by atoms with Gasteiger partial charge in [0, 0.05) is 0 Å². The molecule has 0 radical (unpaired) electrons. The van der Waals surface area contributed by atoms with Crippen LogP contribution in [0, 0.1) is 0 Å². The number of hydrogen-bond acceptors (Lipinski definition) is 8. The molecule has 0 heterocycles. The van der Waals surface area contributed by atoms with Crippen LogP contribution in [0.2, 0.25) is 0 Å². The standard InChI is InChI=1S/C29H32N2O8/c1-2-37-27(34)26(33)25(32)24(18-21-12-6-3-7-13-21)31(29(36)39-20-23-16-10-5-11-17-23)30-28(35)38-19-22-14-8-4-9-15-22/h3-17,24-26,32-33H,2,18-20H2,1H3,(H,30,35)/t24-,25+,26-/m1/s1. The van der Waals surface area contributed by atoms with Crippen LogP contribution in [0.3, 0.4) is 0 Å². The first-order chi connectivity index (χ1) is 18.9. The van der Waals surface area contributed by atoms with Gasteiger partial charge in [0.15, 0.2) is 6.10 Å². The van der Waals surface area contributed by atoms with Crippen molar-refractivity contribution < 1.29 is 38.8 Å². The minimum atomic E-state index is -2.01. The first kappa shape index (κ1) is 29.2. The van der Waals surface area contributed by atoms with E-state index in [0.717, 1.165) is 5.01 Å². The monoisotopic (exact) mass is 536 g/mol. The molecule has 0 fully saturated rings. The molecule has 0 bridgehead atoms. The number of benzene rings is 3. The average Bonchev–Trinajstić information content (AvgIpc) is 2.97. The maximum Gasteiger partial charge on any atom is 0.429 e. The smallest absolute Gasteiger partial charge is 0.429 e. The van der Waals surface area contributed by atoms with E-state index in [1.807, 2.05) is 12.1 Å². The third kappa shape index (κ3) is 9.13. The van der Waals surface area contributed by atoms with Gasteiger partial charge in [0.05, 0.1) is 12.6 Å². The Morgan fingerprint density at radius 2 is 1.23 bits per heavy atom. The summed E-state index contributed by atoms with van der Waals surface area (Å²) in [5.74, 6) is -1.08. The van der Waals surface area contributed by atoms with Gasteiger partial charge < -0.3 is 24.4 Å². The molecular weight excluding hydrogens is 504 g/mol. The Bertz CT molecular complexity index is 1180. The van der Waals surface area contributed by atoms with E-state index in [2.05, 4.69) is 5.43 Å². The van der Waals surface area contributed by atoms with Gasteiger partial charge in [-0.3, -0.25) is 0 Å². The maximum atomic E-state index is 13.3. The van der Waals surface area contributed by atoms with E-state index >= 15 is 0 Å². The lowest BCUT2D eigenvalue weighted by Crippen LogP contribution is -2.60. The first-order valence-corrected chi connectivity index (χ1v) is 12.4. The fourth-order valence-electron chi connectivity index (χ4n) is 3.70. The zero-order valence-corrected chi connectivity index (χ0v) is 21.5. The van der Waals surface area contributed by atoms with Crippen LogP contribution in [0.1, 0.15) is 23.6 Å². The number of aliphatic hydroxyl groups is 2. The van der Waals surface area contributed by atoms with E-state index in [-0.39, 0.29) is 26.2 Å². The Hall–Kier alpha value is -4.41. The molecular formula is C29H32N2O8. The lowest BCUT2D eigenvalue weighted by molar-refractivity contribution is -0.162. The number of ether oxygens (including phenoxy) is 3. The van der Waals surface area contributed by atoms with Gasteiger partial charge in [-0.25, -0.2) is 24.8 Å². The molecule has 0 saturated heterocycles. The number of aliphatic hydroxyl groups excluding tert-OH is 2. The molecule has 3 aromatic rings. The highest BCUT2D eigenvalue weighted by Gasteiger charge is 2.40. The summed E-state index contributed by atoms with van der Waals surface area (Å²) in [5, 5.41) is 22.3. The second-order valence-electron chi connectivity index (χ2n) is 8.53. The number of esters is 1. The highest BCUT2D eigenvalue weighted by molar-refractivity contribution is 5.76. The van der Waals surface area contributed by atoms with Crippen molar-refractivity contribution >= 4 is 18.2 Å². The molecule has 3 rings (SSSR count). The Balaban J connectivity index is 1.87. The Kier molecular flexibility index (Phi) is 11.3. The van der Waals surface area contributed by atoms with Crippen LogP contribution >= 0.6 is 0 Å². The van der Waals surface area contributed by atoms with Crippen LogP contribution in [0.15, 0.2) is 91.0 Å². The van der Waals surface area contributed by atoms with Gasteiger partial charge in [0.1, 0.15) is 19.3 Å². The molecule has 3 aromatic carbocycles. The number of hydrazine groups is 1. The SMILES string of the molecule is CCOC(=O)[C@H](O)[C@@H](O)[C@@H](Cc1ccccc1)N(NC(=O)OCc1ccccc1)C(=O)OCc1ccccc1. The van der Waals surface area contributed by atoms with E-state index < -0.39 is 36.4 Å². The Morgan fingerprint density at radius 1 is 0.744 bits per heavy atom. The first-order valence-electron chi connectivity index (χ1n) is 12.4. The highest BCUT2D eigenvalue weighted by atomic mass is 16.6. The third-order valence-electron chi connectivity index (χ3n) is 5.69. The number of amides is 2. The maximum absolute atomic E-state index is 13.3. The van der Waals surface area contributed by atoms with Gasteiger partial charge in [-0.05, 0) is 30.0 Å². The molecule has 0 aliphatic carbocycles. The van der Waals surface area contributed by atoms with Crippen molar-refractivity contribution in [2.75, 3.05) is 6.61 Å². The lowest BCUT2D eigenvalue weighted by Gasteiger charge is -2.35. The molecule has 0 aromatic heterocycles.